The van der Waals surface area contributed by atoms with Gasteiger partial charge in [0, 0.05) is 17.1 Å². The molecule has 0 saturated heterocycles. The van der Waals surface area contributed by atoms with E-state index < -0.39 is 0 Å². The highest BCUT2D eigenvalue weighted by molar-refractivity contribution is 6.43. The molecule has 0 spiro atoms. The maximum Gasteiger partial charge on any atom is 0.0670 e. The molecule has 0 aliphatic heterocycles. The van der Waals surface area contributed by atoms with Crippen LogP contribution in [0.1, 0.15) is 18.9 Å². The van der Waals surface area contributed by atoms with Gasteiger partial charge in [0.05, 0.1) is 10.0 Å². The largest absolute Gasteiger partial charge is 0.313 e. The number of halogens is 3. The predicted octanol–water partition coefficient (Wildman–Crippen LogP) is 5.81. The van der Waals surface area contributed by atoms with Crippen LogP contribution in [0, 0.1) is 0 Å². The van der Waals surface area contributed by atoms with Gasteiger partial charge in [-0.25, -0.2) is 0 Å². The van der Waals surface area contributed by atoms with E-state index in [0.717, 1.165) is 36.2 Å². The third-order valence-electron chi connectivity index (χ3n) is 3.06. The molecule has 0 radical (unpaired) electrons. The fraction of sp³-hybridized carbons (Fsp3) is 0.250. The second-order valence-electron chi connectivity index (χ2n) is 4.58. The van der Waals surface area contributed by atoms with E-state index in [1.54, 1.807) is 6.07 Å². The van der Waals surface area contributed by atoms with Gasteiger partial charge in [-0.1, -0.05) is 59.9 Å². The van der Waals surface area contributed by atoms with Gasteiger partial charge < -0.3 is 5.32 Å². The molecule has 0 unspecified atom stereocenters. The van der Waals surface area contributed by atoms with Crippen LogP contribution in [0.5, 0.6) is 0 Å². The Morgan fingerprint density at radius 3 is 2.55 bits per heavy atom. The first kappa shape index (κ1) is 15.7. The van der Waals surface area contributed by atoms with E-state index >= 15 is 0 Å². The van der Waals surface area contributed by atoms with Crippen LogP contribution in [0.15, 0.2) is 36.4 Å². The third kappa shape index (κ3) is 3.67. The van der Waals surface area contributed by atoms with Crippen molar-refractivity contribution in [2.75, 3.05) is 6.54 Å². The van der Waals surface area contributed by atoms with Gasteiger partial charge in [-0.3, -0.25) is 0 Å². The van der Waals surface area contributed by atoms with Gasteiger partial charge in [0.25, 0.3) is 0 Å². The Labute approximate surface area is 134 Å². The molecule has 0 atom stereocenters. The smallest absolute Gasteiger partial charge is 0.0670 e. The van der Waals surface area contributed by atoms with E-state index in [1.807, 2.05) is 30.3 Å². The highest BCUT2D eigenvalue weighted by Crippen LogP contribution is 2.36. The average Bonchev–Trinajstić information content (AvgIpc) is 2.44. The minimum atomic E-state index is 0.552. The molecule has 0 aliphatic carbocycles. The Morgan fingerprint density at radius 2 is 1.80 bits per heavy atom. The summed E-state index contributed by atoms with van der Waals surface area (Å²) in [6.45, 7) is 3.90. The molecule has 0 heterocycles. The minimum absolute atomic E-state index is 0.552. The fourth-order valence-corrected chi connectivity index (χ4v) is 2.64. The molecule has 0 aromatic heterocycles. The maximum atomic E-state index is 6.32. The standard InChI is InChI=1S/C16H16Cl3N/c1-2-8-20-10-11-6-7-12(17)9-14(11)13-4-3-5-15(18)16(13)19/h3-7,9,20H,2,8,10H2,1H3. The number of hydrogen-bond acceptors (Lipinski definition) is 1. The Kier molecular flexibility index (Phi) is 5.74. The van der Waals surface area contributed by atoms with Crippen LogP contribution >= 0.6 is 34.8 Å². The molecule has 2 aromatic rings. The molecule has 106 valence electrons. The molecule has 0 amide bonds. The summed E-state index contributed by atoms with van der Waals surface area (Å²) in [6.07, 6.45) is 1.10. The lowest BCUT2D eigenvalue weighted by atomic mass is 9.99. The third-order valence-corrected chi connectivity index (χ3v) is 4.11. The Hall–Kier alpha value is -0.730. The lowest BCUT2D eigenvalue weighted by molar-refractivity contribution is 0.676. The van der Waals surface area contributed by atoms with Crippen LogP contribution in [0.4, 0.5) is 0 Å². The summed E-state index contributed by atoms with van der Waals surface area (Å²) < 4.78 is 0. The number of hydrogen-bond donors (Lipinski definition) is 1. The second-order valence-corrected chi connectivity index (χ2v) is 5.80. The summed E-state index contributed by atoms with van der Waals surface area (Å²) in [5.41, 5.74) is 3.09. The SMILES string of the molecule is CCCNCc1ccc(Cl)cc1-c1cccc(Cl)c1Cl. The first-order chi connectivity index (χ1) is 9.63. The molecule has 0 aliphatic rings. The van der Waals surface area contributed by atoms with E-state index in [2.05, 4.69) is 12.2 Å². The molecular formula is C16H16Cl3N. The summed E-state index contributed by atoms with van der Waals surface area (Å²) in [5.74, 6) is 0. The van der Waals surface area contributed by atoms with Crippen molar-refractivity contribution in [3.05, 3.63) is 57.0 Å². The van der Waals surface area contributed by atoms with Gasteiger partial charge in [-0.05, 0) is 42.3 Å². The summed E-state index contributed by atoms with van der Waals surface area (Å²) in [6, 6.07) is 11.5. The zero-order valence-electron chi connectivity index (χ0n) is 11.2. The summed E-state index contributed by atoms with van der Waals surface area (Å²) >= 11 is 18.5. The van der Waals surface area contributed by atoms with Crippen LogP contribution in [-0.4, -0.2) is 6.54 Å². The molecule has 2 rings (SSSR count). The van der Waals surface area contributed by atoms with Crippen molar-refractivity contribution >= 4 is 34.8 Å². The van der Waals surface area contributed by atoms with E-state index in [9.17, 15) is 0 Å². The quantitative estimate of drug-likeness (QED) is 0.683. The number of nitrogens with one attached hydrogen (secondary N) is 1. The van der Waals surface area contributed by atoms with Gasteiger partial charge in [-0.15, -0.1) is 0 Å². The van der Waals surface area contributed by atoms with Crippen LogP contribution < -0.4 is 5.32 Å². The van der Waals surface area contributed by atoms with Crippen molar-refractivity contribution in [3.63, 3.8) is 0 Å². The van der Waals surface area contributed by atoms with Crippen molar-refractivity contribution in [1.82, 2.24) is 5.32 Å². The van der Waals surface area contributed by atoms with Crippen LogP contribution in [-0.2, 0) is 6.54 Å². The topological polar surface area (TPSA) is 12.0 Å². The Morgan fingerprint density at radius 1 is 1.00 bits per heavy atom. The zero-order chi connectivity index (χ0) is 14.5. The molecule has 4 heteroatoms. The molecule has 0 bridgehead atoms. The average molecular weight is 329 g/mol. The summed E-state index contributed by atoms with van der Waals surface area (Å²) in [7, 11) is 0. The molecular weight excluding hydrogens is 313 g/mol. The molecule has 2 aromatic carbocycles. The van der Waals surface area contributed by atoms with Crippen molar-refractivity contribution < 1.29 is 0 Å². The van der Waals surface area contributed by atoms with Gasteiger partial charge >= 0.3 is 0 Å². The maximum absolute atomic E-state index is 6.32. The minimum Gasteiger partial charge on any atom is -0.313 e. The van der Waals surface area contributed by atoms with Crippen molar-refractivity contribution in [1.29, 1.82) is 0 Å². The highest BCUT2D eigenvalue weighted by atomic mass is 35.5. The fourth-order valence-electron chi connectivity index (χ4n) is 2.07. The van der Waals surface area contributed by atoms with Crippen molar-refractivity contribution in [2.45, 2.75) is 19.9 Å². The van der Waals surface area contributed by atoms with Crippen LogP contribution in [0.3, 0.4) is 0 Å². The summed E-state index contributed by atoms with van der Waals surface area (Å²) in [4.78, 5) is 0. The molecule has 0 saturated carbocycles. The van der Waals surface area contributed by atoms with Gasteiger partial charge in [0.2, 0.25) is 0 Å². The van der Waals surface area contributed by atoms with E-state index in [1.165, 1.54) is 0 Å². The highest BCUT2D eigenvalue weighted by Gasteiger charge is 2.11. The first-order valence-corrected chi connectivity index (χ1v) is 7.70. The lowest BCUT2D eigenvalue weighted by Gasteiger charge is -2.13. The van der Waals surface area contributed by atoms with E-state index in [4.69, 9.17) is 34.8 Å². The van der Waals surface area contributed by atoms with Crippen molar-refractivity contribution in [3.8, 4) is 11.1 Å². The lowest BCUT2D eigenvalue weighted by Crippen LogP contribution is -2.14. The van der Waals surface area contributed by atoms with Gasteiger partial charge in [0.15, 0.2) is 0 Å². The summed E-state index contributed by atoms with van der Waals surface area (Å²) in [5, 5.41) is 5.20. The van der Waals surface area contributed by atoms with Gasteiger partial charge in [-0.2, -0.15) is 0 Å². The Balaban J connectivity index is 2.43. The van der Waals surface area contributed by atoms with Crippen LogP contribution in [0.2, 0.25) is 15.1 Å². The molecule has 20 heavy (non-hydrogen) atoms. The molecule has 1 N–H and O–H groups in total. The monoisotopic (exact) mass is 327 g/mol. The first-order valence-electron chi connectivity index (χ1n) is 6.57. The molecule has 0 fully saturated rings. The van der Waals surface area contributed by atoms with Crippen molar-refractivity contribution in [2.24, 2.45) is 0 Å². The van der Waals surface area contributed by atoms with Gasteiger partial charge in [0.1, 0.15) is 0 Å². The second kappa shape index (κ2) is 7.33. The zero-order valence-corrected chi connectivity index (χ0v) is 13.5. The number of benzene rings is 2. The number of rotatable bonds is 5. The normalized spacial score (nSPS) is 10.8. The predicted molar refractivity (Wildman–Crippen MR) is 88.9 cm³/mol. The van der Waals surface area contributed by atoms with Crippen LogP contribution in [0.25, 0.3) is 11.1 Å². The van der Waals surface area contributed by atoms with E-state index in [-0.39, 0.29) is 0 Å². The Bertz CT molecular complexity index is 596. The molecule has 1 nitrogen and oxygen atoms in total. The van der Waals surface area contributed by atoms with E-state index in [0.29, 0.717) is 15.1 Å².